The summed E-state index contributed by atoms with van der Waals surface area (Å²) in [5.41, 5.74) is 3.92. The quantitative estimate of drug-likeness (QED) is 0.643. The zero-order valence-corrected chi connectivity index (χ0v) is 11.8. The Morgan fingerprint density at radius 2 is 1.83 bits per heavy atom. The molecule has 0 saturated carbocycles. The largest absolute Gasteiger partial charge is 0.343 e. The molecule has 3 aromatic rings. The molecule has 0 atom stereocenters. The summed E-state index contributed by atoms with van der Waals surface area (Å²) in [7, 11) is 0. The summed E-state index contributed by atoms with van der Waals surface area (Å²) in [6.07, 6.45) is 2.16. The Morgan fingerprint density at radius 1 is 1.06 bits per heavy atom. The summed E-state index contributed by atoms with van der Waals surface area (Å²) in [6, 6.07) is 17.1. The second kappa shape index (κ2) is 4.62. The highest BCUT2D eigenvalue weighted by atomic mass is 79.9. The molecule has 1 nitrogen and oxygen atoms in total. The molecule has 0 bridgehead atoms. The van der Waals surface area contributed by atoms with Crippen LogP contribution in [0.25, 0.3) is 10.9 Å². The lowest BCUT2D eigenvalue weighted by atomic mass is 10.1. The molecule has 0 radical (unpaired) electrons. The Morgan fingerprint density at radius 3 is 2.61 bits per heavy atom. The van der Waals surface area contributed by atoms with Gasteiger partial charge in [-0.25, -0.2) is 0 Å². The molecule has 18 heavy (non-hydrogen) atoms. The van der Waals surface area contributed by atoms with Gasteiger partial charge in [0.25, 0.3) is 0 Å². The minimum atomic E-state index is 0.917. The molecule has 1 heterocycles. The van der Waals surface area contributed by atoms with Crippen molar-refractivity contribution >= 4 is 26.8 Å². The van der Waals surface area contributed by atoms with E-state index in [0.717, 1.165) is 11.0 Å². The molecule has 0 N–H and O–H groups in total. The van der Waals surface area contributed by atoms with E-state index in [2.05, 4.69) is 82.1 Å². The number of hydrogen-bond donors (Lipinski definition) is 0. The van der Waals surface area contributed by atoms with Crippen LogP contribution in [-0.4, -0.2) is 4.57 Å². The molecular formula is C16H14BrN. The van der Waals surface area contributed by atoms with Crippen LogP contribution in [0, 0.1) is 6.92 Å². The van der Waals surface area contributed by atoms with Crippen molar-refractivity contribution in [3.8, 4) is 0 Å². The topological polar surface area (TPSA) is 4.93 Å². The fourth-order valence-electron chi connectivity index (χ4n) is 2.35. The highest BCUT2D eigenvalue weighted by molar-refractivity contribution is 9.10. The number of halogens is 1. The molecule has 90 valence electrons. The van der Waals surface area contributed by atoms with Gasteiger partial charge in [-0.2, -0.15) is 0 Å². The lowest BCUT2D eigenvalue weighted by molar-refractivity contribution is 0.836. The van der Waals surface area contributed by atoms with E-state index in [1.807, 2.05) is 0 Å². The smallest absolute Gasteiger partial charge is 0.0497 e. The van der Waals surface area contributed by atoms with Crippen molar-refractivity contribution in [1.29, 1.82) is 0 Å². The summed E-state index contributed by atoms with van der Waals surface area (Å²) in [5, 5.41) is 1.33. The summed E-state index contributed by atoms with van der Waals surface area (Å²) < 4.78 is 3.43. The maximum Gasteiger partial charge on any atom is 0.0497 e. The lowest BCUT2D eigenvalue weighted by Crippen LogP contribution is -1.97. The van der Waals surface area contributed by atoms with Gasteiger partial charge in [0.2, 0.25) is 0 Å². The van der Waals surface area contributed by atoms with Gasteiger partial charge in [0.15, 0.2) is 0 Å². The van der Waals surface area contributed by atoms with E-state index in [1.165, 1.54) is 22.0 Å². The SMILES string of the molecule is Cc1cc(Br)cc2c1ccn2Cc1ccccc1. The van der Waals surface area contributed by atoms with Crippen LogP contribution in [0.3, 0.4) is 0 Å². The molecule has 0 aliphatic heterocycles. The average molecular weight is 300 g/mol. The minimum absolute atomic E-state index is 0.917. The minimum Gasteiger partial charge on any atom is -0.343 e. The number of benzene rings is 2. The van der Waals surface area contributed by atoms with Gasteiger partial charge >= 0.3 is 0 Å². The molecule has 0 aliphatic rings. The number of hydrogen-bond acceptors (Lipinski definition) is 0. The van der Waals surface area contributed by atoms with Crippen molar-refractivity contribution in [3.63, 3.8) is 0 Å². The number of aryl methyl sites for hydroxylation is 1. The number of aromatic nitrogens is 1. The molecule has 0 amide bonds. The van der Waals surface area contributed by atoms with E-state index in [-0.39, 0.29) is 0 Å². The van der Waals surface area contributed by atoms with Crippen LogP contribution in [0.5, 0.6) is 0 Å². The van der Waals surface area contributed by atoms with Gasteiger partial charge in [-0.3, -0.25) is 0 Å². The summed E-state index contributed by atoms with van der Waals surface area (Å²) in [4.78, 5) is 0. The van der Waals surface area contributed by atoms with Crippen molar-refractivity contribution < 1.29 is 0 Å². The predicted octanol–water partition coefficient (Wildman–Crippen LogP) is 4.76. The second-order valence-corrected chi connectivity index (χ2v) is 5.50. The number of nitrogens with zero attached hydrogens (tertiary/aromatic N) is 1. The Labute approximate surface area is 115 Å². The lowest BCUT2D eigenvalue weighted by Gasteiger charge is -2.07. The Kier molecular flexibility index (Phi) is 2.96. The van der Waals surface area contributed by atoms with Crippen molar-refractivity contribution in [3.05, 3.63) is 70.3 Å². The molecule has 0 unspecified atom stereocenters. The van der Waals surface area contributed by atoms with E-state index < -0.39 is 0 Å². The first kappa shape index (κ1) is 11.5. The van der Waals surface area contributed by atoms with Crippen molar-refractivity contribution in [1.82, 2.24) is 4.57 Å². The zero-order valence-electron chi connectivity index (χ0n) is 10.2. The molecule has 0 aliphatic carbocycles. The molecule has 0 saturated heterocycles. The first-order chi connectivity index (χ1) is 8.74. The Bertz CT molecular complexity index is 683. The third-order valence-corrected chi connectivity index (χ3v) is 3.71. The molecule has 0 fully saturated rings. The second-order valence-electron chi connectivity index (χ2n) is 4.58. The maximum atomic E-state index is 3.57. The molecular weight excluding hydrogens is 286 g/mol. The maximum absolute atomic E-state index is 3.57. The Hall–Kier alpha value is -1.54. The van der Waals surface area contributed by atoms with Crippen molar-refractivity contribution in [2.45, 2.75) is 13.5 Å². The molecule has 0 spiro atoms. The van der Waals surface area contributed by atoms with Gasteiger partial charge in [-0.05, 0) is 36.2 Å². The van der Waals surface area contributed by atoms with Crippen LogP contribution in [0.2, 0.25) is 0 Å². The van der Waals surface area contributed by atoms with Crippen molar-refractivity contribution in [2.75, 3.05) is 0 Å². The third-order valence-electron chi connectivity index (χ3n) is 3.26. The number of fused-ring (bicyclic) bond motifs is 1. The first-order valence-electron chi connectivity index (χ1n) is 6.03. The molecule has 2 heteroatoms. The van der Waals surface area contributed by atoms with Gasteiger partial charge in [-0.15, -0.1) is 0 Å². The third kappa shape index (κ3) is 2.08. The molecule has 1 aromatic heterocycles. The van der Waals surface area contributed by atoms with Gasteiger partial charge in [0, 0.05) is 28.1 Å². The van der Waals surface area contributed by atoms with E-state index >= 15 is 0 Å². The van der Waals surface area contributed by atoms with E-state index in [0.29, 0.717) is 0 Å². The van der Waals surface area contributed by atoms with Crippen LogP contribution >= 0.6 is 15.9 Å². The molecule has 3 rings (SSSR count). The number of rotatable bonds is 2. The summed E-state index contributed by atoms with van der Waals surface area (Å²) in [5.74, 6) is 0. The normalized spacial score (nSPS) is 11.0. The van der Waals surface area contributed by atoms with Gasteiger partial charge in [-0.1, -0.05) is 46.3 Å². The first-order valence-corrected chi connectivity index (χ1v) is 6.82. The van der Waals surface area contributed by atoms with E-state index in [9.17, 15) is 0 Å². The fourth-order valence-corrected chi connectivity index (χ4v) is 2.91. The van der Waals surface area contributed by atoms with Gasteiger partial charge < -0.3 is 4.57 Å². The van der Waals surface area contributed by atoms with Gasteiger partial charge in [0.1, 0.15) is 0 Å². The standard InChI is InChI=1S/C16H14BrN/c1-12-9-14(17)10-16-15(12)7-8-18(16)11-13-5-3-2-4-6-13/h2-10H,11H2,1H3. The van der Waals surface area contributed by atoms with Gasteiger partial charge in [0.05, 0.1) is 0 Å². The highest BCUT2D eigenvalue weighted by Crippen LogP contribution is 2.25. The van der Waals surface area contributed by atoms with Crippen LogP contribution in [0.4, 0.5) is 0 Å². The van der Waals surface area contributed by atoms with Crippen molar-refractivity contribution in [2.24, 2.45) is 0 Å². The van der Waals surface area contributed by atoms with E-state index in [4.69, 9.17) is 0 Å². The van der Waals surface area contributed by atoms with E-state index in [1.54, 1.807) is 0 Å². The van der Waals surface area contributed by atoms with Crippen LogP contribution in [-0.2, 0) is 6.54 Å². The zero-order chi connectivity index (χ0) is 12.5. The monoisotopic (exact) mass is 299 g/mol. The highest BCUT2D eigenvalue weighted by Gasteiger charge is 2.05. The Balaban J connectivity index is 2.08. The van der Waals surface area contributed by atoms with Crippen LogP contribution in [0.15, 0.2) is 59.2 Å². The average Bonchev–Trinajstić information content (AvgIpc) is 2.74. The predicted molar refractivity (Wildman–Crippen MR) is 79.9 cm³/mol. The van der Waals surface area contributed by atoms with Crippen LogP contribution in [0.1, 0.15) is 11.1 Å². The molecule has 2 aromatic carbocycles. The summed E-state index contributed by atoms with van der Waals surface area (Å²) in [6.45, 7) is 3.07. The fraction of sp³-hybridized carbons (Fsp3) is 0.125. The van der Waals surface area contributed by atoms with Crippen LogP contribution < -0.4 is 0 Å². The summed E-state index contributed by atoms with van der Waals surface area (Å²) >= 11 is 3.57.